The standard InChI is InChI=1S/C13H12ClN3O3/c1-17-11(13(19)20)9(7-16-17)12(18)15-6-8-4-2-3-5-10(8)14/h2-5,7H,6H2,1H3,(H,15,18)(H,19,20). The molecule has 0 saturated heterocycles. The van der Waals surface area contributed by atoms with E-state index in [9.17, 15) is 9.59 Å². The zero-order chi connectivity index (χ0) is 14.7. The second-order valence-corrected chi connectivity index (χ2v) is 4.52. The first kappa shape index (κ1) is 14.1. The lowest BCUT2D eigenvalue weighted by molar-refractivity contribution is 0.0679. The fourth-order valence-corrected chi connectivity index (χ4v) is 1.97. The van der Waals surface area contributed by atoms with Crippen LogP contribution in [0.4, 0.5) is 0 Å². The van der Waals surface area contributed by atoms with Gasteiger partial charge in [-0.3, -0.25) is 9.48 Å². The van der Waals surface area contributed by atoms with Gasteiger partial charge in [-0.1, -0.05) is 29.8 Å². The topological polar surface area (TPSA) is 84.2 Å². The second kappa shape index (κ2) is 5.75. The summed E-state index contributed by atoms with van der Waals surface area (Å²) in [5.74, 6) is -1.71. The number of halogens is 1. The minimum Gasteiger partial charge on any atom is -0.477 e. The summed E-state index contributed by atoms with van der Waals surface area (Å²) < 4.78 is 1.15. The predicted molar refractivity (Wildman–Crippen MR) is 72.8 cm³/mol. The van der Waals surface area contributed by atoms with Crippen LogP contribution in [0.15, 0.2) is 30.5 Å². The molecule has 20 heavy (non-hydrogen) atoms. The maximum Gasteiger partial charge on any atom is 0.354 e. The lowest BCUT2D eigenvalue weighted by atomic mass is 10.2. The molecule has 1 aromatic carbocycles. The van der Waals surface area contributed by atoms with Crippen molar-refractivity contribution in [1.29, 1.82) is 0 Å². The highest BCUT2D eigenvalue weighted by Crippen LogP contribution is 2.15. The number of benzene rings is 1. The summed E-state index contributed by atoms with van der Waals surface area (Å²) in [6, 6.07) is 7.09. The van der Waals surface area contributed by atoms with Crippen molar-refractivity contribution >= 4 is 23.5 Å². The fourth-order valence-electron chi connectivity index (χ4n) is 1.77. The predicted octanol–water partition coefficient (Wildman–Crippen LogP) is 1.70. The molecule has 1 amide bonds. The molecular formula is C13H12ClN3O3. The number of hydrogen-bond donors (Lipinski definition) is 2. The van der Waals surface area contributed by atoms with Crippen molar-refractivity contribution < 1.29 is 14.7 Å². The molecule has 0 radical (unpaired) electrons. The number of aromatic carboxylic acids is 1. The van der Waals surface area contributed by atoms with Gasteiger partial charge in [0.25, 0.3) is 5.91 Å². The number of aromatic nitrogens is 2. The molecule has 0 aliphatic carbocycles. The number of carbonyl (C=O) groups is 2. The zero-order valence-corrected chi connectivity index (χ0v) is 11.4. The van der Waals surface area contributed by atoms with Gasteiger partial charge in [-0.25, -0.2) is 4.79 Å². The number of carboxylic acids is 1. The highest BCUT2D eigenvalue weighted by molar-refractivity contribution is 6.31. The number of aryl methyl sites for hydroxylation is 1. The highest BCUT2D eigenvalue weighted by atomic mass is 35.5. The Hall–Kier alpha value is -2.34. The van der Waals surface area contributed by atoms with Gasteiger partial charge < -0.3 is 10.4 Å². The van der Waals surface area contributed by atoms with Gasteiger partial charge in [-0.05, 0) is 11.6 Å². The first-order valence-electron chi connectivity index (χ1n) is 5.77. The third-order valence-corrected chi connectivity index (χ3v) is 3.15. The average molecular weight is 294 g/mol. The third-order valence-electron chi connectivity index (χ3n) is 2.78. The van der Waals surface area contributed by atoms with Crippen LogP contribution in [-0.2, 0) is 13.6 Å². The van der Waals surface area contributed by atoms with Crippen LogP contribution in [0.3, 0.4) is 0 Å². The van der Waals surface area contributed by atoms with Crippen LogP contribution in [0.1, 0.15) is 26.4 Å². The molecule has 2 N–H and O–H groups in total. The van der Waals surface area contributed by atoms with E-state index in [1.165, 1.54) is 13.2 Å². The van der Waals surface area contributed by atoms with Gasteiger partial charge >= 0.3 is 5.97 Å². The molecule has 0 spiro atoms. The van der Waals surface area contributed by atoms with Gasteiger partial charge in [-0.15, -0.1) is 0 Å². The van der Waals surface area contributed by atoms with Crippen molar-refractivity contribution in [2.24, 2.45) is 7.05 Å². The van der Waals surface area contributed by atoms with E-state index in [1.54, 1.807) is 24.3 Å². The molecule has 1 heterocycles. The summed E-state index contributed by atoms with van der Waals surface area (Å²) in [6.45, 7) is 0.215. The normalized spacial score (nSPS) is 10.3. The number of nitrogens with zero attached hydrogens (tertiary/aromatic N) is 2. The van der Waals surface area contributed by atoms with Gasteiger partial charge in [0.2, 0.25) is 0 Å². The number of carbonyl (C=O) groups excluding carboxylic acids is 1. The lowest BCUT2D eigenvalue weighted by Crippen LogP contribution is -2.25. The Morgan fingerprint density at radius 3 is 2.75 bits per heavy atom. The van der Waals surface area contributed by atoms with Crippen LogP contribution < -0.4 is 5.32 Å². The van der Waals surface area contributed by atoms with Crippen molar-refractivity contribution in [3.8, 4) is 0 Å². The van der Waals surface area contributed by atoms with Crippen LogP contribution in [0.2, 0.25) is 5.02 Å². The van der Waals surface area contributed by atoms with Crippen LogP contribution in [0.5, 0.6) is 0 Å². The van der Waals surface area contributed by atoms with Gasteiger partial charge in [0, 0.05) is 18.6 Å². The summed E-state index contributed by atoms with van der Waals surface area (Å²) in [5.41, 5.74) is 0.622. The maximum absolute atomic E-state index is 12.0. The van der Waals surface area contributed by atoms with Crippen molar-refractivity contribution in [3.63, 3.8) is 0 Å². The number of hydrogen-bond acceptors (Lipinski definition) is 3. The molecule has 0 aliphatic heterocycles. The smallest absolute Gasteiger partial charge is 0.354 e. The van der Waals surface area contributed by atoms with Crippen molar-refractivity contribution in [3.05, 3.63) is 52.3 Å². The second-order valence-electron chi connectivity index (χ2n) is 4.11. The van der Waals surface area contributed by atoms with E-state index < -0.39 is 11.9 Å². The molecule has 0 aliphatic rings. The van der Waals surface area contributed by atoms with Crippen molar-refractivity contribution in [1.82, 2.24) is 15.1 Å². The van der Waals surface area contributed by atoms with E-state index in [4.69, 9.17) is 16.7 Å². The van der Waals surface area contributed by atoms with Crippen LogP contribution in [0.25, 0.3) is 0 Å². The van der Waals surface area contributed by atoms with Crippen molar-refractivity contribution in [2.75, 3.05) is 0 Å². The fraction of sp³-hybridized carbons (Fsp3) is 0.154. The number of carboxylic acid groups (broad SMARTS) is 1. The first-order chi connectivity index (χ1) is 9.50. The van der Waals surface area contributed by atoms with Gasteiger partial charge in [0.1, 0.15) is 0 Å². The SMILES string of the molecule is Cn1ncc(C(=O)NCc2ccccc2Cl)c1C(=O)O. The van der Waals surface area contributed by atoms with Crippen LogP contribution >= 0.6 is 11.6 Å². The number of rotatable bonds is 4. The Labute approximate surface area is 120 Å². The molecule has 0 bridgehead atoms. The Kier molecular flexibility index (Phi) is 4.05. The minimum absolute atomic E-state index is 0.0204. The summed E-state index contributed by atoms with van der Waals surface area (Å²) >= 11 is 5.98. The molecule has 0 saturated carbocycles. The summed E-state index contributed by atoms with van der Waals surface area (Å²) in [5, 5.41) is 16.0. The van der Waals surface area contributed by atoms with E-state index in [2.05, 4.69) is 10.4 Å². The third kappa shape index (κ3) is 2.80. The molecule has 7 heteroatoms. The number of nitrogens with one attached hydrogen (secondary N) is 1. The van der Waals surface area contributed by atoms with E-state index in [0.717, 1.165) is 10.2 Å². The minimum atomic E-state index is -1.20. The Morgan fingerprint density at radius 2 is 2.10 bits per heavy atom. The van der Waals surface area contributed by atoms with Crippen molar-refractivity contribution in [2.45, 2.75) is 6.54 Å². The summed E-state index contributed by atoms with van der Waals surface area (Å²) in [4.78, 5) is 23.1. The molecule has 2 rings (SSSR count). The molecule has 104 valence electrons. The number of amides is 1. The average Bonchev–Trinajstić information content (AvgIpc) is 2.79. The lowest BCUT2D eigenvalue weighted by Gasteiger charge is -2.06. The highest BCUT2D eigenvalue weighted by Gasteiger charge is 2.21. The van der Waals surface area contributed by atoms with E-state index in [0.29, 0.717) is 5.02 Å². The van der Waals surface area contributed by atoms with E-state index in [-0.39, 0.29) is 17.8 Å². The molecular weight excluding hydrogens is 282 g/mol. The quantitative estimate of drug-likeness (QED) is 0.898. The Bertz CT molecular complexity index is 667. The summed E-state index contributed by atoms with van der Waals surface area (Å²) in [6.07, 6.45) is 1.23. The molecule has 0 fully saturated rings. The monoisotopic (exact) mass is 293 g/mol. The molecule has 1 aromatic heterocycles. The molecule has 2 aromatic rings. The molecule has 0 atom stereocenters. The van der Waals surface area contributed by atoms with Gasteiger partial charge in [0.05, 0.1) is 11.8 Å². The van der Waals surface area contributed by atoms with Crippen LogP contribution in [0, 0.1) is 0 Å². The zero-order valence-electron chi connectivity index (χ0n) is 10.6. The van der Waals surface area contributed by atoms with Crippen LogP contribution in [-0.4, -0.2) is 26.8 Å². The Morgan fingerprint density at radius 1 is 1.40 bits per heavy atom. The summed E-state index contributed by atoms with van der Waals surface area (Å²) in [7, 11) is 1.47. The Balaban J connectivity index is 2.14. The molecule has 6 nitrogen and oxygen atoms in total. The van der Waals surface area contributed by atoms with Gasteiger partial charge in [-0.2, -0.15) is 5.10 Å². The molecule has 0 unspecified atom stereocenters. The first-order valence-corrected chi connectivity index (χ1v) is 6.15. The van der Waals surface area contributed by atoms with Gasteiger partial charge in [0.15, 0.2) is 5.69 Å². The largest absolute Gasteiger partial charge is 0.477 e. The maximum atomic E-state index is 12.0. The van der Waals surface area contributed by atoms with E-state index >= 15 is 0 Å². The van der Waals surface area contributed by atoms with E-state index in [1.807, 2.05) is 0 Å².